The van der Waals surface area contributed by atoms with Crippen LogP contribution in [0.25, 0.3) is 11.3 Å². The molecule has 1 aromatic heterocycles. The van der Waals surface area contributed by atoms with Crippen molar-refractivity contribution in [1.29, 1.82) is 5.41 Å². The van der Waals surface area contributed by atoms with Crippen molar-refractivity contribution in [1.82, 2.24) is 14.9 Å². The van der Waals surface area contributed by atoms with Crippen molar-refractivity contribution in [3.05, 3.63) is 53.7 Å². The molecule has 3 heterocycles. The van der Waals surface area contributed by atoms with Gasteiger partial charge in [-0.1, -0.05) is 0 Å². The number of nitrogen functional groups attached to an aromatic ring is 1. The molecule has 200 valence electrons. The van der Waals surface area contributed by atoms with E-state index in [9.17, 15) is 8.78 Å². The number of aromatic nitrogens is 2. The fraction of sp³-hybridized carbons (Fsp3) is 0.393. The Balaban J connectivity index is 1.43. The first kappa shape index (κ1) is 25.8. The summed E-state index contributed by atoms with van der Waals surface area (Å²) in [5, 5.41) is 11.9. The largest absolute Gasteiger partial charge is 0.486 e. The summed E-state index contributed by atoms with van der Waals surface area (Å²) in [6.07, 6.45) is 2.89. The number of fused-ring (bicyclic) bond motifs is 1. The molecule has 0 aliphatic carbocycles. The van der Waals surface area contributed by atoms with E-state index in [0.29, 0.717) is 47.1 Å². The number of likely N-dealkylation sites (tertiary alicyclic amines) is 1. The van der Waals surface area contributed by atoms with Gasteiger partial charge in [0.25, 0.3) is 0 Å². The van der Waals surface area contributed by atoms with Crippen LogP contribution in [0.4, 0.5) is 31.8 Å². The van der Waals surface area contributed by atoms with Gasteiger partial charge in [0, 0.05) is 40.2 Å². The van der Waals surface area contributed by atoms with Crippen LogP contribution in [-0.4, -0.2) is 59.9 Å². The number of nitrogens with two attached hydrogens (primary N) is 1. The Hall–Kier alpha value is -3.79. The van der Waals surface area contributed by atoms with Crippen LogP contribution in [0.5, 0.6) is 5.75 Å². The second-order valence-corrected chi connectivity index (χ2v) is 10.3. The topological polar surface area (TPSA) is 103 Å². The fourth-order valence-electron chi connectivity index (χ4n) is 5.12. The minimum atomic E-state index is -0.662. The molecule has 0 spiro atoms. The van der Waals surface area contributed by atoms with Gasteiger partial charge in [-0.2, -0.15) is 0 Å². The fourth-order valence-corrected chi connectivity index (χ4v) is 5.12. The highest BCUT2D eigenvalue weighted by Gasteiger charge is 2.26. The molecular weight excluding hydrogens is 488 g/mol. The average molecular weight is 522 g/mol. The van der Waals surface area contributed by atoms with E-state index >= 15 is 0 Å². The third kappa shape index (κ3) is 5.13. The number of hydrogen-bond donors (Lipinski definition) is 3. The number of halogens is 2. The average Bonchev–Trinajstić information content (AvgIpc) is 2.90. The predicted molar refractivity (Wildman–Crippen MR) is 147 cm³/mol. The molecular formula is C28H33F2N7O. The lowest BCUT2D eigenvalue weighted by Gasteiger charge is -2.34. The Morgan fingerprint density at radius 2 is 1.89 bits per heavy atom. The normalized spacial score (nSPS) is 16.3. The Morgan fingerprint density at radius 3 is 2.63 bits per heavy atom. The van der Waals surface area contributed by atoms with Crippen LogP contribution in [-0.2, 0) is 0 Å². The molecule has 1 saturated heterocycles. The van der Waals surface area contributed by atoms with Gasteiger partial charge < -0.3 is 31.0 Å². The van der Waals surface area contributed by atoms with Gasteiger partial charge in [0.05, 0.1) is 18.4 Å². The highest BCUT2D eigenvalue weighted by Crippen LogP contribution is 2.39. The minimum absolute atomic E-state index is 0.0202. The Kier molecular flexibility index (Phi) is 7.16. The summed E-state index contributed by atoms with van der Waals surface area (Å²) >= 11 is 0. The Bertz CT molecular complexity index is 1360. The number of anilines is 4. The van der Waals surface area contributed by atoms with Crippen molar-refractivity contribution in [2.75, 3.05) is 49.2 Å². The quantitative estimate of drug-likeness (QED) is 0.308. The lowest BCUT2D eigenvalue weighted by atomic mass is 9.87. The first-order chi connectivity index (χ1) is 18.2. The van der Waals surface area contributed by atoms with E-state index in [2.05, 4.69) is 27.2 Å². The molecule has 0 amide bonds. The van der Waals surface area contributed by atoms with Crippen LogP contribution in [0.1, 0.15) is 32.3 Å². The molecule has 1 fully saturated rings. The molecule has 2 aliphatic rings. The second-order valence-electron chi connectivity index (χ2n) is 10.3. The number of rotatable bonds is 6. The first-order valence-corrected chi connectivity index (χ1v) is 12.9. The summed E-state index contributed by atoms with van der Waals surface area (Å²) in [5.74, 6) is -0.762. The number of benzene rings is 2. The van der Waals surface area contributed by atoms with Gasteiger partial charge in [-0.15, -0.1) is 0 Å². The molecule has 2 aromatic carbocycles. The molecule has 0 radical (unpaired) electrons. The molecule has 0 unspecified atom stereocenters. The molecule has 38 heavy (non-hydrogen) atoms. The number of nitrogens with zero attached hydrogens (tertiary/aromatic N) is 4. The summed E-state index contributed by atoms with van der Waals surface area (Å²) in [6.45, 7) is 6.91. The van der Waals surface area contributed by atoms with Crippen molar-refractivity contribution < 1.29 is 13.5 Å². The van der Waals surface area contributed by atoms with Crippen LogP contribution in [0.3, 0.4) is 0 Å². The van der Waals surface area contributed by atoms with Crippen LogP contribution < -0.4 is 20.7 Å². The summed E-state index contributed by atoms with van der Waals surface area (Å²) in [4.78, 5) is 12.8. The van der Waals surface area contributed by atoms with Crippen molar-refractivity contribution in [2.24, 2.45) is 5.92 Å². The maximum atomic E-state index is 15.0. The van der Waals surface area contributed by atoms with Crippen LogP contribution in [0.15, 0.2) is 36.5 Å². The third-order valence-corrected chi connectivity index (χ3v) is 7.28. The molecule has 2 aliphatic heterocycles. The lowest BCUT2D eigenvalue weighted by Crippen LogP contribution is -2.38. The molecule has 0 atom stereocenters. The first-order valence-electron chi connectivity index (χ1n) is 12.9. The summed E-state index contributed by atoms with van der Waals surface area (Å²) in [5.41, 5.74) is 9.41. The van der Waals surface area contributed by atoms with E-state index in [1.807, 2.05) is 18.7 Å². The molecule has 5 rings (SSSR count). The zero-order chi connectivity index (χ0) is 27.0. The SMILES string of the molecule is CC(C)N1CCOc2c(F)cc(-c3nc(Nc4ccc(N)c(C(=N)C5CCN(C)CC5)c4)ncc3F)cc21. The molecule has 0 bridgehead atoms. The van der Waals surface area contributed by atoms with Crippen molar-refractivity contribution >= 4 is 28.7 Å². The minimum Gasteiger partial charge on any atom is -0.486 e. The Morgan fingerprint density at radius 1 is 1.13 bits per heavy atom. The zero-order valence-corrected chi connectivity index (χ0v) is 21.9. The highest BCUT2D eigenvalue weighted by molar-refractivity contribution is 6.05. The monoisotopic (exact) mass is 521 g/mol. The summed E-state index contributed by atoms with van der Waals surface area (Å²) in [6, 6.07) is 8.37. The molecule has 4 N–H and O–H groups in total. The maximum absolute atomic E-state index is 15.0. The number of piperidine rings is 1. The maximum Gasteiger partial charge on any atom is 0.227 e. The molecule has 3 aromatic rings. The van der Waals surface area contributed by atoms with Crippen LogP contribution in [0, 0.1) is 23.0 Å². The van der Waals surface area contributed by atoms with Gasteiger partial charge in [-0.05, 0) is 77.2 Å². The zero-order valence-electron chi connectivity index (χ0n) is 21.9. The molecule has 10 heteroatoms. The smallest absolute Gasteiger partial charge is 0.227 e. The van der Waals surface area contributed by atoms with Gasteiger partial charge in [0.2, 0.25) is 5.95 Å². The summed E-state index contributed by atoms with van der Waals surface area (Å²) in [7, 11) is 2.09. The van der Waals surface area contributed by atoms with Gasteiger partial charge >= 0.3 is 0 Å². The van der Waals surface area contributed by atoms with Gasteiger partial charge in [0.1, 0.15) is 12.3 Å². The highest BCUT2D eigenvalue weighted by atomic mass is 19.1. The van der Waals surface area contributed by atoms with Gasteiger partial charge in [-0.25, -0.2) is 18.7 Å². The second kappa shape index (κ2) is 10.5. The van der Waals surface area contributed by atoms with E-state index in [0.717, 1.165) is 32.1 Å². The number of hydrogen-bond acceptors (Lipinski definition) is 8. The Labute approximate surface area is 221 Å². The van der Waals surface area contributed by atoms with E-state index in [1.54, 1.807) is 24.3 Å². The van der Waals surface area contributed by atoms with Crippen LogP contribution >= 0.6 is 0 Å². The number of ether oxygens (including phenoxy) is 1. The van der Waals surface area contributed by atoms with E-state index < -0.39 is 11.6 Å². The number of nitrogens with one attached hydrogen (secondary N) is 2. The van der Waals surface area contributed by atoms with E-state index in [4.69, 9.17) is 15.9 Å². The molecule has 0 saturated carbocycles. The molecule has 8 nitrogen and oxygen atoms in total. The van der Waals surface area contributed by atoms with Gasteiger partial charge in [-0.3, -0.25) is 0 Å². The standard InChI is InChI=1S/C28H33F2N7O/c1-16(2)37-10-11-38-27-21(29)12-18(13-24(27)37)26-22(30)15-33-28(35-26)34-19-4-5-23(31)20(14-19)25(32)17-6-8-36(3)9-7-17/h4-5,12-17,32H,6-11,31H2,1-3H3,(H,33,34,35). The summed E-state index contributed by atoms with van der Waals surface area (Å²) < 4.78 is 35.5. The van der Waals surface area contributed by atoms with E-state index in [1.165, 1.54) is 6.07 Å². The van der Waals surface area contributed by atoms with E-state index in [-0.39, 0.29) is 29.4 Å². The predicted octanol–water partition coefficient (Wildman–Crippen LogP) is 5.06. The van der Waals surface area contributed by atoms with Crippen molar-refractivity contribution in [3.8, 4) is 17.0 Å². The van der Waals surface area contributed by atoms with Gasteiger partial charge in [0.15, 0.2) is 17.4 Å². The van der Waals surface area contributed by atoms with Crippen molar-refractivity contribution in [2.45, 2.75) is 32.7 Å². The third-order valence-electron chi connectivity index (χ3n) is 7.28. The van der Waals surface area contributed by atoms with Crippen LogP contribution in [0.2, 0.25) is 0 Å². The van der Waals surface area contributed by atoms with Crippen molar-refractivity contribution in [3.63, 3.8) is 0 Å². The lowest BCUT2D eigenvalue weighted by molar-refractivity contribution is 0.252.